The van der Waals surface area contributed by atoms with E-state index in [0.717, 1.165) is 38.8 Å². The van der Waals surface area contributed by atoms with Gasteiger partial charge in [0.25, 0.3) is 5.91 Å². The summed E-state index contributed by atoms with van der Waals surface area (Å²) in [5.41, 5.74) is 4.88. The summed E-state index contributed by atoms with van der Waals surface area (Å²) in [6.45, 7) is 0. The number of furan rings is 1. The second kappa shape index (κ2) is 5.63. The summed E-state index contributed by atoms with van der Waals surface area (Å²) in [7, 11) is 0. The van der Waals surface area contributed by atoms with Crippen molar-refractivity contribution in [3.8, 4) is 11.1 Å². The Hall–Kier alpha value is -3.80. The van der Waals surface area contributed by atoms with Crippen molar-refractivity contribution < 1.29 is 9.21 Å². The van der Waals surface area contributed by atoms with Crippen molar-refractivity contribution >= 4 is 33.5 Å². The Kier molecular flexibility index (Phi) is 3.15. The molecule has 5 rings (SSSR count). The van der Waals surface area contributed by atoms with Crippen LogP contribution in [0.2, 0.25) is 0 Å². The number of anilines is 1. The molecule has 0 aliphatic rings. The predicted octanol–water partition coefficient (Wildman–Crippen LogP) is 4.56. The molecule has 0 bridgehead atoms. The van der Waals surface area contributed by atoms with E-state index in [0.29, 0.717) is 5.56 Å². The van der Waals surface area contributed by atoms with Crippen LogP contribution < -0.4 is 5.32 Å². The lowest BCUT2D eigenvalue weighted by molar-refractivity contribution is 0.102. The monoisotopic (exact) mass is 342 g/mol. The van der Waals surface area contributed by atoms with Gasteiger partial charge in [-0.05, 0) is 36.4 Å². The minimum Gasteiger partial charge on any atom is -0.472 e. The summed E-state index contributed by atoms with van der Waals surface area (Å²) >= 11 is 0. The molecule has 0 unspecified atom stereocenters. The molecule has 26 heavy (non-hydrogen) atoms. The molecule has 4 heterocycles. The largest absolute Gasteiger partial charge is 0.472 e. The lowest BCUT2D eigenvalue weighted by Crippen LogP contribution is -2.12. The maximum Gasteiger partial charge on any atom is 0.257 e. The molecule has 0 saturated heterocycles. The average Bonchev–Trinajstić information content (AvgIpc) is 3.40. The summed E-state index contributed by atoms with van der Waals surface area (Å²) < 4.78 is 5.16. The number of rotatable bonds is 3. The number of aromatic amines is 2. The number of benzene rings is 1. The first-order valence-electron chi connectivity index (χ1n) is 8.16. The van der Waals surface area contributed by atoms with Crippen molar-refractivity contribution in [3.05, 3.63) is 73.1 Å². The first kappa shape index (κ1) is 14.5. The normalized spacial score (nSPS) is 11.2. The molecule has 1 aromatic carbocycles. The summed E-state index contributed by atoms with van der Waals surface area (Å²) in [5.74, 6) is -0.200. The van der Waals surface area contributed by atoms with Crippen LogP contribution in [0.25, 0.3) is 33.1 Å². The van der Waals surface area contributed by atoms with Crippen LogP contribution in [0.4, 0.5) is 5.69 Å². The smallest absolute Gasteiger partial charge is 0.257 e. The molecule has 4 aromatic heterocycles. The van der Waals surface area contributed by atoms with Gasteiger partial charge in [-0.3, -0.25) is 4.79 Å². The highest BCUT2D eigenvalue weighted by molar-refractivity contribution is 6.07. The number of nitrogens with one attached hydrogen (secondary N) is 3. The minimum absolute atomic E-state index is 0.200. The molecule has 126 valence electrons. The highest BCUT2D eigenvalue weighted by Gasteiger charge is 2.13. The Labute approximate surface area is 147 Å². The second-order valence-electron chi connectivity index (χ2n) is 6.07. The molecule has 0 fully saturated rings. The number of carbonyl (C=O) groups is 1. The van der Waals surface area contributed by atoms with Gasteiger partial charge >= 0.3 is 0 Å². The fourth-order valence-electron chi connectivity index (χ4n) is 3.12. The molecule has 0 spiro atoms. The van der Waals surface area contributed by atoms with Gasteiger partial charge in [-0.15, -0.1) is 0 Å². The topological polar surface area (TPSA) is 86.7 Å². The lowest BCUT2D eigenvalue weighted by Gasteiger charge is -2.06. The van der Waals surface area contributed by atoms with Gasteiger partial charge in [-0.1, -0.05) is 0 Å². The molecule has 0 radical (unpaired) electrons. The number of H-pyrrole nitrogens is 2. The van der Waals surface area contributed by atoms with E-state index in [9.17, 15) is 4.79 Å². The van der Waals surface area contributed by atoms with Crippen molar-refractivity contribution in [2.24, 2.45) is 0 Å². The molecule has 5 aromatic rings. The fourth-order valence-corrected chi connectivity index (χ4v) is 3.12. The van der Waals surface area contributed by atoms with E-state index in [-0.39, 0.29) is 5.91 Å². The van der Waals surface area contributed by atoms with Gasteiger partial charge in [0, 0.05) is 51.7 Å². The summed E-state index contributed by atoms with van der Waals surface area (Å²) in [6, 6.07) is 11.4. The standard InChI is InChI=1S/C20H14N4O2/c25-20(24-15-1-2-18-12(7-15)3-5-21-18)14-8-16-17(13-4-6-26-11-13)10-23-19(16)22-9-14/h1-11,21H,(H,22,23)(H,24,25). The van der Waals surface area contributed by atoms with Crippen LogP contribution in [0, 0.1) is 0 Å². The number of aromatic nitrogens is 3. The third-order valence-electron chi connectivity index (χ3n) is 4.44. The van der Waals surface area contributed by atoms with E-state index in [1.165, 1.54) is 0 Å². The molecule has 0 saturated carbocycles. The van der Waals surface area contributed by atoms with E-state index in [1.807, 2.05) is 48.8 Å². The van der Waals surface area contributed by atoms with Crippen LogP contribution in [0.5, 0.6) is 0 Å². The Morgan fingerprint density at radius 1 is 1.12 bits per heavy atom. The van der Waals surface area contributed by atoms with Crippen molar-refractivity contribution in [1.82, 2.24) is 15.0 Å². The summed E-state index contributed by atoms with van der Waals surface area (Å²) in [5, 5.41) is 4.85. The zero-order valence-corrected chi connectivity index (χ0v) is 13.6. The van der Waals surface area contributed by atoms with E-state index >= 15 is 0 Å². The highest BCUT2D eigenvalue weighted by Crippen LogP contribution is 2.28. The van der Waals surface area contributed by atoms with Gasteiger partial charge in [0.2, 0.25) is 0 Å². The molecule has 3 N–H and O–H groups in total. The van der Waals surface area contributed by atoms with E-state index in [4.69, 9.17) is 4.42 Å². The number of pyridine rings is 1. The minimum atomic E-state index is -0.200. The number of hydrogen-bond donors (Lipinski definition) is 3. The third-order valence-corrected chi connectivity index (χ3v) is 4.44. The van der Waals surface area contributed by atoms with E-state index in [1.54, 1.807) is 18.7 Å². The number of amides is 1. The second-order valence-corrected chi connectivity index (χ2v) is 6.07. The molecule has 0 aliphatic heterocycles. The van der Waals surface area contributed by atoms with Crippen molar-refractivity contribution in [2.45, 2.75) is 0 Å². The lowest BCUT2D eigenvalue weighted by atomic mass is 10.1. The predicted molar refractivity (Wildman–Crippen MR) is 100 cm³/mol. The van der Waals surface area contributed by atoms with Crippen LogP contribution in [0.1, 0.15) is 10.4 Å². The van der Waals surface area contributed by atoms with E-state index in [2.05, 4.69) is 20.3 Å². The Morgan fingerprint density at radius 3 is 2.96 bits per heavy atom. The Morgan fingerprint density at radius 2 is 2.08 bits per heavy atom. The molecular formula is C20H14N4O2. The quantitative estimate of drug-likeness (QED) is 0.449. The van der Waals surface area contributed by atoms with E-state index < -0.39 is 0 Å². The zero-order valence-electron chi connectivity index (χ0n) is 13.6. The van der Waals surface area contributed by atoms with Gasteiger partial charge in [0.1, 0.15) is 5.65 Å². The average molecular weight is 342 g/mol. The maximum atomic E-state index is 12.7. The molecule has 6 heteroatoms. The SMILES string of the molecule is O=C(Nc1ccc2[nH]ccc2c1)c1cnc2[nH]cc(-c3ccoc3)c2c1. The molecular weight excluding hydrogens is 328 g/mol. The zero-order chi connectivity index (χ0) is 17.5. The van der Waals surface area contributed by atoms with Crippen molar-refractivity contribution in [1.29, 1.82) is 0 Å². The molecule has 6 nitrogen and oxygen atoms in total. The number of carbonyl (C=O) groups excluding carboxylic acids is 1. The van der Waals surface area contributed by atoms with Crippen molar-refractivity contribution in [2.75, 3.05) is 5.32 Å². The summed E-state index contributed by atoms with van der Waals surface area (Å²) in [6.07, 6.45) is 8.60. The van der Waals surface area contributed by atoms with Gasteiger partial charge < -0.3 is 19.7 Å². The first-order valence-corrected chi connectivity index (χ1v) is 8.16. The highest BCUT2D eigenvalue weighted by atomic mass is 16.3. The molecule has 0 aliphatic carbocycles. The van der Waals surface area contributed by atoms with Gasteiger partial charge in [-0.25, -0.2) is 4.98 Å². The van der Waals surface area contributed by atoms with Crippen LogP contribution in [-0.4, -0.2) is 20.9 Å². The van der Waals surface area contributed by atoms with Crippen LogP contribution >= 0.6 is 0 Å². The number of nitrogens with zero attached hydrogens (tertiary/aromatic N) is 1. The van der Waals surface area contributed by atoms with Crippen LogP contribution in [-0.2, 0) is 0 Å². The summed E-state index contributed by atoms with van der Waals surface area (Å²) in [4.78, 5) is 23.3. The number of fused-ring (bicyclic) bond motifs is 2. The van der Waals surface area contributed by atoms with Crippen LogP contribution in [0.3, 0.4) is 0 Å². The van der Waals surface area contributed by atoms with Gasteiger partial charge in [0.05, 0.1) is 18.1 Å². The maximum absolute atomic E-state index is 12.7. The molecule has 1 amide bonds. The Bertz CT molecular complexity index is 1230. The third kappa shape index (κ3) is 2.36. The van der Waals surface area contributed by atoms with Gasteiger partial charge in [0.15, 0.2) is 0 Å². The fraction of sp³-hybridized carbons (Fsp3) is 0. The molecule has 0 atom stereocenters. The van der Waals surface area contributed by atoms with Crippen LogP contribution in [0.15, 0.2) is 71.9 Å². The Balaban J connectivity index is 1.49. The van der Waals surface area contributed by atoms with Gasteiger partial charge in [-0.2, -0.15) is 0 Å². The number of hydrogen-bond acceptors (Lipinski definition) is 3. The van der Waals surface area contributed by atoms with Crippen molar-refractivity contribution in [3.63, 3.8) is 0 Å². The first-order chi connectivity index (χ1) is 12.8.